The third-order valence-electron chi connectivity index (χ3n) is 2.87. The highest BCUT2D eigenvalue weighted by Gasteiger charge is 2.08. The number of anilines is 1. The summed E-state index contributed by atoms with van der Waals surface area (Å²) in [7, 11) is 0. The van der Waals surface area contributed by atoms with Gasteiger partial charge in [-0.25, -0.2) is 4.98 Å². The van der Waals surface area contributed by atoms with Crippen LogP contribution in [-0.4, -0.2) is 14.5 Å². The zero-order valence-electron chi connectivity index (χ0n) is 10.1. The van der Waals surface area contributed by atoms with E-state index in [1.54, 1.807) is 11.3 Å². The minimum atomic E-state index is 0.772. The standard InChI is InChI=1S/C13H14N4S/c1-2-17-12-6-4-3-5-11(12)16-13(17)15-8-10-7-14-9-18-10/h3-7,9H,2,8H2,1H3,(H,15,16). The van der Waals surface area contributed by atoms with Crippen molar-refractivity contribution in [3.05, 3.63) is 40.8 Å². The highest BCUT2D eigenvalue weighted by molar-refractivity contribution is 7.09. The maximum Gasteiger partial charge on any atom is 0.204 e. The summed E-state index contributed by atoms with van der Waals surface area (Å²) in [4.78, 5) is 9.90. The Balaban J connectivity index is 1.91. The van der Waals surface area contributed by atoms with Gasteiger partial charge in [-0.05, 0) is 19.1 Å². The molecule has 0 radical (unpaired) electrons. The predicted molar refractivity (Wildman–Crippen MR) is 74.8 cm³/mol. The molecule has 5 heteroatoms. The Kier molecular flexibility index (Phi) is 2.98. The molecular formula is C13H14N4S. The third-order valence-corrected chi connectivity index (χ3v) is 3.65. The molecular weight excluding hydrogens is 244 g/mol. The molecule has 0 aliphatic rings. The molecule has 0 bridgehead atoms. The maximum absolute atomic E-state index is 4.62. The van der Waals surface area contributed by atoms with Gasteiger partial charge in [0, 0.05) is 17.6 Å². The molecule has 0 saturated heterocycles. The Labute approximate surface area is 109 Å². The van der Waals surface area contributed by atoms with Crippen LogP contribution in [-0.2, 0) is 13.1 Å². The van der Waals surface area contributed by atoms with E-state index >= 15 is 0 Å². The fraction of sp³-hybridized carbons (Fsp3) is 0.231. The molecule has 0 unspecified atom stereocenters. The molecule has 1 aromatic carbocycles. The van der Waals surface area contributed by atoms with Crippen LogP contribution >= 0.6 is 11.3 Å². The molecule has 3 rings (SSSR count). The normalized spacial score (nSPS) is 10.9. The van der Waals surface area contributed by atoms with Crippen LogP contribution in [0.5, 0.6) is 0 Å². The molecule has 0 aliphatic heterocycles. The molecule has 0 atom stereocenters. The van der Waals surface area contributed by atoms with E-state index < -0.39 is 0 Å². The quantitative estimate of drug-likeness (QED) is 0.782. The van der Waals surface area contributed by atoms with E-state index in [4.69, 9.17) is 0 Å². The number of thiazole rings is 1. The number of aromatic nitrogens is 3. The van der Waals surface area contributed by atoms with Gasteiger partial charge in [0.2, 0.25) is 5.95 Å². The number of para-hydroxylation sites is 2. The molecule has 0 spiro atoms. The second-order valence-electron chi connectivity index (χ2n) is 3.99. The van der Waals surface area contributed by atoms with Gasteiger partial charge < -0.3 is 9.88 Å². The summed E-state index contributed by atoms with van der Waals surface area (Å²) in [6.45, 7) is 3.81. The van der Waals surface area contributed by atoms with Crippen molar-refractivity contribution >= 4 is 28.3 Å². The Hall–Kier alpha value is -1.88. The Morgan fingerprint density at radius 2 is 2.22 bits per heavy atom. The number of rotatable bonds is 4. The molecule has 0 amide bonds. The van der Waals surface area contributed by atoms with Gasteiger partial charge in [-0.1, -0.05) is 12.1 Å². The summed E-state index contributed by atoms with van der Waals surface area (Å²) in [5, 5.41) is 3.38. The van der Waals surface area contributed by atoms with Crippen LogP contribution in [0.25, 0.3) is 11.0 Å². The number of nitrogens with zero attached hydrogens (tertiary/aromatic N) is 3. The number of nitrogens with one attached hydrogen (secondary N) is 1. The van der Waals surface area contributed by atoms with Crippen LogP contribution < -0.4 is 5.32 Å². The number of hydrogen-bond donors (Lipinski definition) is 1. The first kappa shape index (κ1) is 11.2. The van der Waals surface area contributed by atoms with Crippen molar-refractivity contribution < 1.29 is 0 Å². The SMILES string of the molecule is CCn1c(NCc2cncs2)nc2ccccc21. The van der Waals surface area contributed by atoms with Gasteiger partial charge in [0.05, 0.1) is 23.1 Å². The second-order valence-corrected chi connectivity index (χ2v) is 4.96. The van der Waals surface area contributed by atoms with Crippen molar-refractivity contribution in [3.63, 3.8) is 0 Å². The zero-order chi connectivity index (χ0) is 12.4. The number of fused-ring (bicyclic) bond motifs is 1. The Morgan fingerprint density at radius 1 is 1.33 bits per heavy atom. The van der Waals surface area contributed by atoms with E-state index in [0.29, 0.717) is 0 Å². The van der Waals surface area contributed by atoms with Gasteiger partial charge in [-0.15, -0.1) is 11.3 Å². The van der Waals surface area contributed by atoms with E-state index in [1.807, 2.05) is 29.9 Å². The predicted octanol–water partition coefficient (Wildman–Crippen LogP) is 3.12. The average Bonchev–Trinajstić information content (AvgIpc) is 3.03. The highest BCUT2D eigenvalue weighted by atomic mass is 32.1. The molecule has 0 aliphatic carbocycles. The van der Waals surface area contributed by atoms with E-state index in [0.717, 1.165) is 24.6 Å². The first-order valence-electron chi connectivity index (χ1n) is 5.95. The lowest BCUT2D eigenvalue weighted by atomic mass is 10.3. The first-order valence-corrected chi connectivity index (χ1v) is 6.83. The Morgan fingerprint density at radius 3 is 3.00 bits per heavy atom. The van der Waals surface area contributed by atoms with E-state index in [9.17, 15) is 0 Å². The van der Waals surface area contributed by atoms with Crippen LogP contribution in [0.4, 0.5) is 5.95 Å². The van der Waals surface area contributed by atoms with Crippen LogP contribution in [0.3, 0.4) is 0 Å². The van der Waals surface area contributed by atoms with Gasteiger partial charge in [-0.3, -0.25) is 4.98 Å². The van der Waals surface area contributed by atoms with Crippen molar-refractivity contribution in [3.8, 4) is 0 Å². The average molecular weight is 258 g/mol. The largest absolute Gasteiger partial charge is 0.351 e. The lowest BCUT2D eigenvalue weighted by molar-refractivity contribution is 0.788. The van der Waals surface area contributed by atoms with Crippen LogP contribution in [0.2, 0.25) is 0 Å². The molecule has 2 aromatic heterocycles. The van der Waals surface area contributed by atoms with Gasteiger partial charge in [-0.2, -0.15) is 0 Å². The first-order chi connectivity index (χ1) is 8.88. The fourth-order valence-corrected chi connectivity index (χ4v) is 2.56. The molecule has 4 nitrogen and oxygen atoms in total. The smallest absolute Gasteiger partial charge is 0.204 e. The van der Waals surface area contributed by atoms with E-state index in [2.05, 4.69) is 32.8 Å². The van der Waals surface area contributed by atoms with Gasteiger partial charge in [0.1, 0.15) is 0 Å². The molecule has 92 valence electrons. The highest BCUT2D eigenvalue weighted by Crippen LogP contribution is 2.20. The van der Waals surface area contributed by atoms with E-state index in [-0.39, 0.29) is 0 Å². The van der Waals surface area contributed by atoms with Gasteiger partial charge in [0.15, 0.2) is 0 Å². The summed E-state index contributed by atoms with van der Waals surface area (Å²) in [6, 6.07) is 8.20. The summed E-state index contributed by atoms with van der Waals surface area (Å²) in [5.74, 6) is 0.923. The van der Waals surface area contributed by atoms with Crippen molar-refractivity contribution in [2.24, 2.45) is 0 Å². The molecule has 0 saturated carbocycles. The number of benzene rings is 1. The van der Waals surface area contributed by atoms with Crippen molar-refractivity contribution in [1.82, 2.24) is 14.5 Å². The second kappa shape index (κ2) is 4.78. The molecule has 0 fully saturated rings. The van der Waals surface area contributed by atoms with Crippen LogP contribution in [0, 0.1) is 0 Å². The fourth-order valence-electron chi connectivity index (χ4n) is 2.03. The van der Waals surface area contributed by atoms with Crippen molar-refractivity contribution in [2.75, 3.05) is 5.32 Å². The molecule has 2 heterocycles. The summed E-state index contributed by atoms with van der Waals surface area (Å²) < 4.78 is 2.19. The maximum atomic E-state index is 4.62. The number of aryl methyl sites for hydroxylation is 1. The van der Waals surface area contributed by atoms with E-state index in [1.165, 1.54) is 10.4 Å². The molecule has 18 heavy (non-hydrogen) atoms. The van der Waals surface area contributed by atoms with Crippen LogP contribution in [0.1, 0.15) is 11.8 Å². The topological polar surface area (TPSA) is 42.7 Å². The number of imidazole rings is 1. The molecule has 1 N–H and O–H groups in total. The Bertz CT molecular complexity index is 642. The minimum Gasteiger partial charge on any atom is -0.351 e. The number of hydrogen-bond acceptors (Lipinski definition) is 4. The lowest BCUT2D eigenvalue weighted by Gasteiger charge is -2.07. The van der Waals surface area contributed by atoms with Gasteiger partial charge in [0.25, 0.3) is 0 Å². The lowest BCUT2D eigenvalue weighted by Crippen LogP contribution is -2.05. The zero-order valence-corrected chi connectivity index (χ0v) is 10.9. The van der Waals surface area contributed by atoms with Crippen LogP contribution in [0.15, 0.2) is 36.0 Å². The summed E-state index contributed by atoms with van der Waals surface area (Å²) >= 11 is 1.65. The van der Waals surface area contributed by atoms with Crippen molar-refractivity contribution in [1.29, 1.82) is 0 Å². The van der Waals surface area contributed by atoms with Crippen molar-refractivity contribution in [2.45, 2.75) is 20.0 Å². The minimum absolute atomic E-state index is 0.772. The monoisotopic (exact) mass is 258 g/mol. The molecule has 3 aromatic rings. The summed E-state index contributed by atoms with van der Waals surface area (Å²) in [6.07, 6.45) is 1.89. The summed E-state index contributed by atoms with van der Waals surface area (Å²) in [5.41, 5.74) is 4.05. The van der Waals surface area contributed by atoms with Gasteiger partial charge >= 0.3 is 0 Å². The third kappa shape index (κ3) is 1.97.